The molecular formula is C20H46O16. The second-order valence-electron chi connectivity index (χ2n) is 8.26. The maximum absolute atomic E-state index is 9.21. The fourth-order valence-electron chi connectivity index (χ4n) is 2.23. The number of hydrogen-bond donors (Lipinski definition) is 16. The third kappa shape index (κ3) is 15.6. The van der Waals surface area contributed by atoms with Crippen molar-refractivity contribution in [3.63, 3.8) is 0 Å². The average Bonchev–Trinajstić information content (AvgIpc) is 2.92. The molecule has 0 aromatic heterocycles. The van der Waals surface area contributed by atoms with Crippen molar-refractivity contribution in [2.24, 2.45) is 11.8 Å². The maximum Gasteiger partial charge on any atom is 0.111 e. The van der Waals surface area contributed by atoms with E-state index in [4.69, 9.17) is 71.5 Å². The second-order valence-corrected chi connectivity index (χ2v) is 8.26. The summed E-state index contributed by atoms with van der Waals surface area (Å²) in [6.45, 7) is -0.192. The Hall–Kier alpha value is -0.640. The molecule has 222 valence electrons. The van der Waals surface area contributed by atoms with Crippen molar-refractivity contribution >= 4 is 0 Å². The van der Waals surface area contributed by atoms with Crippen molar-refractivity contribution in [3.8, 4) is 0 Å². The summed E-state index contributed by atoms with van der Waals surface area (Å²) in [5.41, 5.74) is 0. The normalized spacial score (nSPS) is 21.5. The largest absolute Gasteiger partial charge is 0.396 e. The molecule has 16 N–H and O–H groups in total. The molecule has 0 aliphatic heterocycles. The summed E-state index contributed by atoms with van der Waals surface area (Å²) in [5, 5.41) is 141. The van der Waals surface area contributed by atoms with Crippen LogP contribution in [0.4, 0.5) is 0 Å². The van der Waals surface area contributed by atoms with E-state index in [1.54, 1.807) is 0 Å². The Morgan fingerprint density at radius 2 is 0.472 bits per heavy atom. The number of aliphatic hydroxyl groups excluding tert-OH is 16. The van der Waals surface area contributed by atoms with Gasteiger partial charge in [-0.25, -0.2) is 0 Å². The first kappa shape index (κ1) is 39.9. The van der Waals surface area contributed by atoms with Gasteiger partial charge in [0.15, 0.2) is 0 Å². The Morgan fingerprint density at radius 1 is 0.306 bits per heavy atom. The van der Waals surface area contributed by atoms with Gasteiger partial charge >= 0.3 is 0 Å². The van der Waals surface area contributed by atoms with Crippen LogP contribution in [0, 0.1) is 11.8 Å². The van der Waals surface area contributed by atoms with Gasteiger partial charge in [-0.15, -0.1) is 0 Å². The van der Waals surface area contributed by atoms with E-state index in [1.807, 2.05) is 0 Å². The van der Waals surface area contributed by atoms with Crippen molar-refractivity contribution in [1.82, 2.24) is 0 Å². The summed E-state index contributed by atoms with van der Waals surface area (Å²) >= 11 is 0. The first-order valence-electron chi connectivity index (χ1n) is 11.1. The molecule has 16 heteroatoms. The Labute approximate surface area is 208 Å². The molecular weight excluding hydrogens is 496 g/mol. The predicted octanol–water partition coefficient (Wildman–Crippen LogP) is -8.21. The van der Waals surface area contributed by atoms with Gasteiger partial charge in [0.25, 0.3) is 0 Å². The zero-order valence-corrected chi connectivity index (χ0v) is 20.3. The molecule has 0 saturated carbocycles. The van der Waals surface area contributed by atoms with E-state index in [-0.39, 0.29) is 13.2 Å². The third-order valence-electron chi connectivity index (χ3n) is 5.12. The van der Waals surface area contributed by atoms with Crippen LogP contribution in [0.5, 0.6) is 0 Å². The smallest absolute Gasteiger partial charge is 0.111 e. The van der Waals surface area contributed by atoms with Crippen molar-refractivity contribution in [2.45, 2.75) is 74.9 Å². The van der Waals surface area contributed by atoms with Crippen LogP contribution >= 0.6 is 0 Å². The molecule has 0 radical (unpaired) electrons. The first-order chi connectivity index (χ1) is 16.6. The predicted molar refractivity (Wildman–Crippen MR) is 121 cm³/mol. The van der Waals surface area contributed by atoms with Crippen LogP contribution in [0.15, 0.2) is 0 Å². The molecule has 0 aliphatic rings. The lowest BCUT2D eigenvalue weighted by Crippen LogP contribution is -2.46. The monoisotopic (exact) mass is 542 g/mol. The van der Waals surface area contributed by atoms with Crippen LogP contribution in [0.2, 0.25) is 0 Å². The molecule has 0 aromatic carbocycles. The van der Waals surface area contributed by atoms with Crippen LogP contribution in [-0.2, 0) is 0 Å². The van der Waals surface area contributed by atoms with E-state index >= 15 is 0 Å². The lowest BCUT2D eigenvalue weighted by atomic mass is 9.97. The summed E-state index contributed by atoms with van der Waals surface area (Å²) in [4.78, 5) is 0. The topological polar surface area (TPSA) is 324 Å². The highest BCUT2D eigenvalue weighted by Crippen LogP contribution is 2.10. The van der Waals surface area contributed by atoms with E-state index in [1.165, 1.54) is 13.8 Å². The second kappa shape index (κ2) is 22.4. The highest BCUT2D eigenvalue weighted by molar-refractivity contribution is 4.80. The SMILES string of the molecule is CC(CO)C(O)C(O)C(O)CO.CC(CO)C(O)C(O)C(O)CO.OCC(O)C(O)C(O)C(O)CO. The average molecular weight is 543 g/mol. The van der Waals surface area contributed by atoms with Crippen LogP contribution in [0.3, 0.4) is 0 Å². The fourth-order valence-corrected chi connectivity index (χ4v) is 2.23. The van der Waals surface area contributed by atoms with Gasteiger partial charge in [-0.3, -0.25) is 0 Å². The highest BCUT2D eigenvalue weighted by Gasteiger charge is 2.30. The Balaban J connectivity index is -0.000000454. The van der Waals surface area contributed by atoms with Gasteiger partial charge < -0.3 is 81.7 Å². The summed E-state index contributed by atoms with van der Waals surface area (Å²) in [7, 11) is 0. The minimum Gasteiger partial charge on any atom is -0.396 e. The van der Waals surface area contributed by atoms with Crippen LogP contribution in [-0.4, -0.2) is 182 Å². The summed E-state index contributed by atoms with van der Waals surface area (Å²) < 4.78 is 0. The Morgan fingerprint density at radius 3 is 0.611 bits per heavy atom. The van der Waals surface area contributed by atoms with Crippen LogP contribution < -0.4 is 0 Å². The maximum atomic E-state index is 9.21. The lowest BCUT2D eigenvalue weighted by molar-refractivity contribution is -0.123. The van der Waals surface area contributed by atoms with E-state index in [0.717, 1.165) is 0 Å². The minimum atomic E-state index is -1.67. The molecule has 12 atom stereocenters. The summed E-state index contributed by atoms with van der Waals surface area (Å²) in [6.07, 6.45) is -14.4. The van der Waals surface area contributed by atoms with E-state index < -0.39 is 99.3 Å². The quantitative estimate of drug-likeness (QED) is 0.0912. The molecule has 16 nitrogen and oxygen atoms in total. The van der Waals surface area contributed by atoms with E-state index in [0.29, 0.717) is 0 Å². The van der Waals surface area contributed by atoms with Crippen molar-refractivity contribution < 1.29 is 81.7 Å². The zero-order chi connectivity index (χ0) is 29.2. The molecule has 36 heavy (non-hydrogen) atoms. The molecule has 0 aliphatic carbocycles. The molecule has 0 amide bonds. The number of rotatable bonds is 15. The van der Waals surface area contributed by atoms with Crippen molar-refractivity contribution in [2.75, 3.05) is 39.6 Å². The van der Waals surface area contributed by atoms with Gasteiger partial charge in [-0.1, -0.05) is 13.8 Å². The van der Waals surface area contributed by atoms with Gasteiger partial charge in [0.05, 0.1) is 38.6 Å². The van der Waals surface area contributed by atoms with Gasteiger partial charge in [-0.05, 0) is 0 Å². The summed E-state index contributed by atoms with van der Waals surface area (Å²) in [6, 6.07) is 0. The summed E-state index contributed by atoms with van der Waals surface area (Å²) in [5.74, 6) is -1.05. The molecule has 0 saturated heterocycles. The molecule has 0 spiro atoms. The molecule has 0 bridgehead atoms. The first-order valence-corrected chi connectivity index (χ1v) is 11.1. The van der Waals surface area contributed by atoms with Crippen molar-refractivity contribution in [3.05, 3.63) is 0 Å². The zero-order valence-electron chi connectivity index (χ0n) is 20.3. The van der Waals surface area contributed by atoms with Gasteiger partial charge in [-0.2, -0.15) is 0 Å². The molecule has 0 aromatic rings. The Bertz CT molecular complexity index is 380. The van der Waals surface area contributed by atoms with Crippen LogP contribution in [0.25, 0.3) is 0 Å². The molecule has 0 fully saturated rings. The number of aliphatic hydroxyl groups is 16. The van der Waals surface area contributed by atoms with E-state index in [2.05, 4.69) is 0 Å². The van der Waals surface area contributed by atoms with Crippen molar-refractivity contribution in [1.29, 1.82) is 0 Å². The van der Waals surface area contributed by atoms with Gasteiger partial charge in [0.1, 0.15) is 48.8 Å². The highest BCUT2D eigenvalue weighted by atomic mass is 16.4. The van der Waals surface area contributed by atoms with Gasteiger partial charge in [0, 0.05) is 25.0 Å². The van der Waals surface area contributed by atoms with Gasteiger partial charge in [0.2, 0.25) is 0 Å². The van der Waals surface area contributed by atoms with E-state index in [9.17, 15) is 10.2 Å². The fraction of sp³-hybridized carbons (Fsp3) is 1.00. The van der Waals surface area contributed by atoms with Crippen LogP contribution in [0.1, 0.15) is 13.8 Å². The number of hydrogen-bond acceptors (Lipinski definition) is 16. The molecule has 0 heterocycles. The molecule has 12 unspecified atom stereocenters. The standard InChI is InChI=1S/2C7H16O5.C6H14O6/c2*1-4(2-8)6(11)7(12)5(10)3-9;7-1-3(9)5(11)6(12)4(10)2-8/h2*4-12H,2-3H2,1H3;3-12H,1-2H2. The third-order valence-corrected chi connectivity index (χ3v) is 5.12. The lowest BCUT2D eigenvalue weighted by Gasteiger charge is -2.25. The minimum absolute atomic E-state index is 0.281. The Kier molecular flexibility index (Phi) is 24.8. The molecule has 0 rings (SSSR count).